The van der Waals surface area contributed by atoms with E-state index in [0.29, 0.717) is 13.0 Å². The third-order valence-corrected chi connectivity index (χ3v) is 4.04. The van der Waals surface area contributed by atoms with Crippen molar-refractivity contribution >= 4 is 16.9 Å². The van der Waals surface area contributed by atoms with Gasteiger partial charge in [0.15, 0.2) is 0 Å². The fraction of sp³-hybridized carbons (Fsp3) is 0.211. The van der Waals surface area contributed by atoms with Crippen LogP contribution < -0.4 is 5.32 Å². The maximum atomic E-state index is 11.5. The number of carboxylic acids is 1. The fourth-order valence-corrected chi connectivity index (χ4v) is 2.80. The molecule has 1 heterocycles. The van der Waals surface area contributed by atoms with E-state index in [-0.39, 0.29) is 0 Å². The van der Waals surface area contributed by atoms with Crippen LogP contribution in [0, 0.1) is 0 Å². The van der Waals surface area contributed by atoms with Gasteiger partial charge < -0.3 is 15.4 Å². The highest BCUT2D eigenvalue weighted by Crippen LogP contribution is 2.19. The van der Waals surface area contributed by atoms with E-state index in [0.717, 1.165) is 22.9 Å². The molecule has 1 atom stereocenters. The van der Waals surface area contributed by atoms with Crippen LogP contribution in [-0.2, 0) is 17.6 Å². The summed E-state index contributed by atoms with van der Waals surface area (Å²) in [6.07, 6.45) is 3.19. The van der Waals surface area contributed by atoms with Crippen LogP contribution in [0.5, 0.6) is 0 Å². The second kappa shape index (κ2) is 7.11. The van der Waals surface area contributed by atoms with Crippen LogP contribution in [0.25, 0.3) is 10.9 Å². The van der Waals surface area contributed by atoms with Crippen molar-refractivity contribution in [1.82, 2.24) is 10.3 Å². The van der Waals surface area contributed by atoms with Gasteiger partial charge in [-0.25, -0.2) is 0 Å². The van der Waals surface area contributed by atoms with Gasteiger partial charge in [0.2, 0.25) is 0 Å². The number of carboxylic acid groups (broad SMARTS) is 1. The molecule has 0 aliphatic carbocycles. The first-order chi connectivity index (χ1) is 11.2. The topological polar surface area (TPSA) is 65.1 Å². The van der Waals surface area contributed by atoms with Crippen molar-refractivity contribution in [3.05, 3.63) is 71.9 Å². The molecule has 0 amide bonds. The third kappa shape index (κ3) is 3.79. The van der Waals surface area contributed by atoms with E-state index < -0.39 is 12.0 Å². The van der Waals surface area contributed by atoms with Crippen molar-refractivity contribution in [2.75, 3.05) is 6.54 Å². The Labute approximate surface area is 135 Å². The molecule has 3 N–H and O–H groups in total. The van der Waals surface area contributed by atoms with Crippen LogP contribution in [0.1, 0.15) is 11.1 Å². The number of hydrogen-bond acceptors (Lipinski definition) is 2. The highest BCUT2D eigenvalue weighted by molar-refractivity contribution is 5.84. The molecule has 0 aliphatic heterocycles. The van der Waals surface area contributed by atoms with Gasteiger partial charge in [-0.2, -0.15) is 0 Å². The molecule has 2 aromatic carbocycles. The van der Waals surface area contributed by atoms with Gasteiger partial charge in [0.25, 0.3) is 0 Å². The van der Waals surface area contributed by atoms with Crippen molar-refractivity contribution in [3.63, 3.8) is 0 Å². The molecule has 23 heavy (non-hydrogen) atoms. The Morgan fingerprint density at radius 2 is 1.83 bits per heavy atom. The Balaban J connectivity index is 1.64. The van der Waals surface area contributed by atoms with E-state index in [4.69, 9.17) is 0 Å². The molecule has 4 nitrogen and oxygen atoms in total. The van der Waals surface area contributed by atoms with Gasteiger partial charge >= 0.3 is 5.97 Å². The number of aromatic nitrogens is 1. The highest BCUT2D eigenvalue weighted by Gasteiger charge is 2.18. The van der Waals surface area contributed by atoms with Gasteiger partial charge in [0.05, 0.1) is 0 Å². The minimum atomic E-state index is -0.816. The normalized spacial score (nSPS) is 12.3. The maximum Gasteiger partial charge on any atom is 0.321 e. The first-order valence-corrected chi connectivity index (χ1v) is 7.79. The quantitative estimate of drug-likeness (QED) is 0.628. The number of fused-ring (bicyclic) bond motifs is 1. The molecule has 0 aliphatic rings. The molecule has 3 rings (SSSR count). The summed E-state index contributed by atoms with van der Waals surface area (Å²) in [7, 11) is 0. The van der Waals surface area contributed by atoms with Crippen LogP contribution in [0.3, 0.4) is 0 Å². The molecular formula is C19H20N2O2. The van der Waals surface area contributed by atoms with Gasteiger partial charge in [-0.3, -0.25) is 4.79 Å². The molecule has 3 aromatic rings. The van der Waals surface area contributed by atoms with E-state index in [2.05, 4.69) is 22.4 Å². The van der Waals surface area contributed by atoms with Crippen molar-refractivity contribution in [2.45, 2.75) is 18.9 Å². The van der Waals surface area contributed by atoms with Gasteiger partial charge in [-0.15, -0.1) is 0 Å². The summed E-state index contributed by atoms with van der Waals surface area (Å²) < 4.78 is 0. The summed E-state index contributed by atoms with van der Waals surface area (Å²) in [5.74, 6) is -0.816. The number of nitrogens with one attached hydrogen (secondary N) is 2. The van der Waals surface area contributed by atoms with Crippen LogP contribution >= 0.6 is 0 Å². The van der Waals surface area contributed by atoms with Crippen molar-refractivity contribution in [1.29, 1.82) is 0 Å². The lowest BCUT2D eigenvalue weighted by molar-refractivity contribution is -0.139. The number of aliphatic carboxylic acids is 1. The third-order valence-electron chi connectivity index (χ3n) is 4.04. The zero-order chi connectivity index (χ0) is 16.1. The smallest absolute Gasteiger partial charge is 0.321 e. The van der Waals surface area contributed by atoms with Gasteiger partial charge in [-0.1, -0.05) is 48.5 Å². The zero-order valence-electron chi connectivity index (χ0n) is 12.8. The molecule has 0 saturated heterocycles. The summed E-state index contributed by atoms with van der Waals surface area (Å²) in [5, 5.41) is 13.7. The average molecular weight is 308 g/mol. The molecular weight excluding hydrogens is 288 g/mol. The van der Waals surface area contributed by atoms with Gasteiger partial charge in [0, 0.05) is 23.5 Å². The summed E-state index contributed by atoms with van der Waals surface area (Å²) in [6, 6.07) is 17.4. The Hall–Kier alpha value is -2.59. The first kappa shape index (κ1) is 15.3. The molecule has 0 saturated carbocycles. The lowest BCUT2D eigenvalue weighted by Gasteiger charge is -2.14. The second-order valence-corrected chi connectivity index (χ2v) is 5.64. The monoisotopic (exact) mass is 308 g/mol. The number of rotatable bonds is 7. The SMILES string of the molecule is O=C(O)C(Cc1c[nH]c2ccccc12)NCCc1ccccc1. The molecule has 1 unspecified atom stereocenters. The molecule has 1 aromatic heterocycles. The largest absolute Gasteiger partial charge is 0.480 e. The fourth-order valence-electron chi connectivity index (χ4n) is 2.80. The number of aromatic amines is 1. The second-order valence-electron chi connectivity index (χ2n) is 5.64. The molecule has 0 fully saturated rings. The van der Waals surface area contributed by atoms with E-state index in [1.165, 1.54) is 5.56 Å². The van der Waals surface area contributed by atoms with E-state index in [1.807, 2.05) is 48.7 Å². The molecule has 0 bridgehead atoms. The van der Waals surface area contributed by atoms with E-state index >= 15 is 0 Å². The molecule has 0 spiro atoms. The molecule has 118 valence electrons. The highest BCUT2D eigenvalue weighted by atomic mass is 16.4. The number of H-pyrrole nitrogens is 1. The van der Waals surface area contributed by atoms with Crippen molar-refractivity contribution in [2.24, 2.45) is 0 Å². The molecule has 0 radical (unpaired) electrons. The number of benzene rings is 2. The zero-order valence-corrected chi connectivity index (χ0v) is 12.8. The summed E-state index contributed by atoms with van der Waals surface area (Å²) >= 11 is 0. The van der Waals surface area contributed by atoms with E-state index in [9.17, 15) is 9.90 Å². The summed E-state index contributed by atoms with van der Waals surface area (Å²) in [4.78, 5) is 14.7. The Morgan fingerprint density at radius 3 is 2.61 bits per heavy atom. The number of para-hydroxylation sites is 1. The predicted octanol–water partition coefficient (Wildman–Crippen LogP) is 3.00. The van der Waals surface area contributed by atoms with Crippen LogP contribution in [0.4, 0.5) is 0 Å². The lowest BCUT2D eigenvalue weighted by Crippen LogP contribution is -2.39. The van der Waals surface area contributed by atoms with Crippen molar-refractivity contribution < 1.29 is 9.90 Å². The van der Waals surface area contributed by atoms with Gasteiger partial charge in [0.1, 0.15) is 6.04 Å². The Kier molecular flexibility index (Phi) is 4.74. The van der Waals surface area contributed by atoms with Crippen molar-refractivity contribution in [3.8, 4) is 0 Å². The molecule has 4 heteroatoms. The van der Waals surface area contributed by atoms with Crippen LogP contribution in [0.2, 0.25) is 0 Å². The minimum Gasteiger partial charge on any atom is -0.480 e. The minimum absolute atomic E-state index is 0.466. The number of hydrogen-bond donors (Lipinski definition) is 3. The lowest BCUT2D eigenvalue weighted by atomic mass is 10.0. The summed E-state index contributed by atoms with van der Waals surface area (Å²) in [5.41, 5.74) is 3.27. The summed E-state index contributed by atoms with van der Waals surface area (Å²) in [6.45, 7) is 0.642. The standard InChI is InChI=1S/C19H20N2O2/c22-19(23)18(20-11-10-14-6-2-1-3-7-14)12-15-13-21-17-9-5-4-8-16(15)17/h1-9,13,18,20-21H,10-12H2,(H,22,23). The van der Waals surface area contributed by atoms with Gasteiger partial charge in [-0.05, 0) is 30.2 Å². The Bertz CT molecular complexity index is 780. The average Bonchev–Trinajstić information content (AvgIpc) is 2.98. The number of carbonyl (C=O) groups is 1. The van der Waals surface area contributed by atoms with E-state index in [1.54, 1.807) is 0 Å². The maximum absolute atomic E-state index is 11.5. The first-order valence-electron chi connectivity index (χ1n) is 7.79. The van der Waals surface area contributed by atoms with Crippen LogP contribution in [0.15, 0.2) is 60.8 Å². The predicted molar refractivity (Wildman–Crippen MR) is 91.6 cm³/mol. The Morgan fingerprint density at radius 1 is 1.09 bits per heavy atom. The van der Waals surface area contributed by atoms with Crippen LogP contribution in [-0.4, -0.2) is 28.6 Å².